The SMILES string of the molecule is Cc1cc(-c2cc(-c3ccccn3)nc(N)c2C#N)oc1C. The molecular formula is C17H14N4O. The Balaban J connectivity index is 2.24. The second-order valence-electron chi connectivity index (χ2n) is 4.99. The standard InChI is InChI=1S/C17H14N4O/c1-10-7-16(22-11(10)2)12-8-15(14-5-3-4-6-20-14)21-17(19)13(12)9-18/h3-8H,1-2H3,(H2,19,21). The minimum Gasteiger partial charge on any atom is -0.461 e. The molecule has 0 aliphatic carbocycles. The summed E-state index contributed by atoms with van der Waals surface area (Å²) in [5.74, 6) is 1.60. The molecule has 3 aromatic rings. The number of nitrogens with zero attached hydrogens (tertiary/aromatic N) is 3. The lowest BCUT2D eigenvalue weighted by molar-refractivity contribution is 0.545. The van der Waals surface area contributed by atoms with Gasteiger partial charge in [0.25, 0.3) is 0 Å². The number of rotatable bonds is 2. The van der Waals surface area contributed by atoms with Crippen LogP contribution < -0.4 is 5.73 Å². The van der Waals surface area contributed by atoms with Crippen LogP contribution in [0.25, 0.3) is 22.7 Å². The van der Waals surface area contributed by atoms with Crippen molar-refractivity contribution in [1.29, 1.82) is 5.26 Å². The molecule has 3 rings (SSSR count). The molecule has 22 heavy (non-hydrogen) atoms. The van der Waals surface area contributed by atoms with Gasteiger partial charge in [0, 0.05) is 11.8 Å². The number of nitrogen functional groups attached to an aromatic ring is 1. The molecule has 0 bridgehead atoms. The summed E-state index contributed by atoms with van der Waals surface area (Å²) >= 11 is 0. The Bertz CT molecular complexity index is 856. The molecule has 0 amide bonds. The van der Waals surface area contributed by atoms with Crippen LogP contribution in [0.4, 0.5) is 5.82 Å². The van der Waals surface area contributed by atoms with Gasteiger partial charge in [0.05, 0.1) is 11.4 Å². The van der Waals surface area contributed by atoms with Gasteiger partial charge >= 0.3 is 0 Å². The number of aromatic nitrogens is 2. The minimum atomic E-state index is 0.173. The maximum Gasteiger partial charge on any atom is 0.142 e. The van der Waals surface area contributed by atoms with Gasteiger partial charge < -0.3 is 10.2 Å². The van der Waals surface area contributed by atoms with Crippen LogP contribution in [0.3, 0.4) is 0 Å². The molecule has 0 spiro atoms. The molecule has 3 aromatic heterocycles. The van der Waals surface area contributed by atoms with E-state index in [1.165, 1.54) is 0 Å². The fourth-order valence-corrected chi connectivity index (χ4v) is 2.23. The number of nitriles is 1. The van der Waals surface area contributed by atoms with Crippen LogP contribution in [0.1, 0.15) is 16.9 Å². The van der Waals surface area contributed by atoms with E-state index in [2.05, 4.69) is 16.0 Å². The summed E-state index contributed by atoms with van der Waals surface area (Å²) in [4.78, 5) is 8.55. The first-order valence-electron chi connectivity index (χ1n) is 6.79. The Hall–Kier alpha value is -3.13. The summed E-state index contributed by atoms with van der Waals surface area (Å²) in [6, 6.07) is 11.3. The molecule has 0 saturated heterocycles. The molecule has 5 heteroatoms. The zero-order valence-corrected chi connectivity index (χ0v) is 12.3. The van der Waals surface area contributed by atoms with E-state index < -0.39 is 0 Å². The highest BCUT2D eigenvalue weighted by atomic mass is 16.3. The predicted molar refractivity (Wildman–Crippen MR) is 83.8 cm³/mol. The highest BCUT2D eigenvalue weighted by Crippen LogP contribution is 2.32. The number of aryl methyl sites for hydroxylation is 2. The van der Waals surface area contributed by atoms with Gasteiger partial charge in [-0.3, -0.25) is 4.98 Å². The number of nitrogens with two attached hydrogens (primary N) is 1. The maximum absolute atomic E-state index is 9.37. The van der Waals surface area contributed by atoms with Crippen molar-refractivity contribution in [3.05, 3.63) is 53.4 Å². The summed E-state index contributed by atoms with van der Waals surface area (Å²) < 4.78 is 5.73. The third-order valence-corrected chi connectivity index (χ3v) is 3.52. The van der Waals surface area contributed by atoms with Crippen LogP contribution >= 0.6 is 0 Å². The van der Waals surface area contributed by atoms with Gasteiger partial charge in [-0.2, -0.15) is 5.26 Å². The van der Waals surface area contributed by atoms with Gasteiger partial charge in [0.2, 0.25) is 0 Å². The summed E-state index contributed by atoms with van der Waals surface area (Å²) in [5, 5.41) is 9.37. The summed E-state index contributed by atoms with van der Waals surface area (Å²) in [6.45, 7) is 3.84. The molecule has 0 saturated carbocycles. The number of hydrogen-bond acceptors (Lipinski definition) is 5. The molecule has 0 aromatic carbocycles. The molecule has 108 valence electrons. The quantitative estimate of drug-likeness (QED) is 0.780. The second kappa shape index (κ2) is 5.34. The summed E-state index contributed by atoms with van der Waals surface area (Å²) in [7, 11) is 0. The van der Waals surface area contributed by atoms with E-state index in [0.717, 1.165) is 11.3 Å². The Morgan fingerprint density at radius 2 is 2.00 bits per heavy atom. The Morgan fingerprint density at radius 1 is 1.18 bits per heavy atom. The molecule has 0 aliphatic rings. The average Bonchev–Trinajstić information content (AvgIpc) is 2.86. The lowest BCUT2D eigenvalue weighted by Gasteiger charge is -2.07. The van der Waals surface area contributed by atoms with E-state index in [9.17, 15) is 5.26 Å². The van der Waals surface area contributed by atoms with Gasteiger partial charge in [-0.05, 0) is 43.7 Å². The van der Waals surface area contributed by atoms with Crippen molar-refractivity contribution >= 4 is 5.82 Å². The Morgan fingerprint density at radius 3 is 2.59 bits per heavy atom. The van der Waals surface area contributed by atoms with Crippen LogP contribution in [0.15, 0.2) is 40.9 Å². The monoisotopic (exact) mass is 290 g/mol. The summed E-state index contributed by atoms with van der Waals surface area (Å²) in [5.41, 5.74) is 9.22. The number of furan rings is 1. The zero-order valence-electron chi connectivity index (χ0n) is 12.3. The van der Waals surface area contributed by atoms with E-state index in [-0.39, 0.29) is 5.82 Å². The van der Waals surface area contributed by atoms with Gasteiger partial charge in [0.1, 0.15) is 29.0 Å². The number of pyridine rings is 2. The Labute approximate surface area is 128 Å². The van der Waals surface area contributed by atoms with Crippen molar-refractivity contribution in [2.75, 3.05) is 5.73 Å². The first kappa shape index (κ1) is 13.8. The molecule has 2 N–H and O–H groups in total. The third-order valence-electron chi connectivity index (χ3n) is 3.52. The first-order chi connectivity index (χ1) is 10.6. The molecule has 0 aliphatic heterocycles. The van der Waals surface area contributed by atoms with E-state index in [0.29, 0.717) is 28.3 Å². The topological polar surface area (TPSA) is 88.7 Å². The van der Waals surface area contributed by atoms with E-state index in [1.807, 2.05) is 38.1 Å². The van der Waals surface area contributed by atoms with Gasteiger partial charge in [0.15, 0.2) is 0 Å². The molecule has 0 fully saturated rings. The van der Waals surface area contributed by atoms with Gasteiger partial charge in [-0.15, -0.1) is 0 Å². The van der Waals surface area contributed by atoms with Crippen molar-refractivity contribution in [2.45, 2.75) is 13.8 Å². The number of hydrogen-bond donors (Lipinski definition) is 1. The van der Waals surface area contributed by atoms with Crippen molar-refractivity contribution in [2.24, 2.45) is 0 Å². The summed E-state index contributed by atoms with van der Waals surface area (Å²) in [6.07, 6.45) is 1.69. The smallest absolute Gasteiger partial charge is 0.142 e. The van der Waals surface area contributed by atoms with Gasteiger partial charge in [-0.1, -0.05) is 6.07 Å². The minimum absolute atomic E-state index is 0.173. The lowest BCUT2D eigenvalue weighted by atomic mass is 10.0. The fraction of sp³-hybridized carbons (Fsp3) is 0.118. The van der Waals surface area contributed by atoms with Gasteiger partial charge in [-0.25, -0.2) is 4.98 Å². The molecule has 0 atom stereocenters. The largest absolute Gasteiger partial charge is 0.461 e. The van der Waals surface area contributed by atoms with Crippen LogP contribution in [0.2, 0.25) is 0 Å². The fourth-order valence-electron chi connectivity index (χ4n) is 2.23. The Kier molecular flexibility index (Phi) is 3.36. The highest BCUT2D eigenvalue weighted by Gasteiger charge is 2.17. The first-order valence-corrected chi connectivity index (χ1v) is 6.79. The lowest BCUT2D eigenvalue weighted by Crippen LogP contribution is -2.00. The molecule has 0 radical (unpaired) electrons. The molecule has 3 heterocycles. The van der Waals surface area contributed by atoms with Crippen molar-refractivity contribution in [1.82, 2.24) is 9.97 Å². The molecule has 0 unspecified atom stereocenters. The number of anilines is 1. The van der Waals surface area contributed by atoms with Crippen LogP contribution in [-0.4, -0.2) is 9.97 Å². The van der Waals surface area contributed by atoms with Crippen LogP contribution in [-0.2, 0) is 0 Å². The predicted octanol–water partition coefficient (Wildman–Crippen LogP) is 3.47. The van der Waals surface area contributed by atoms with Crippen molar-refractivity contribution < 1.29 is 4.42 Å². The van der Waals surface area contributed by atoms with Crippen LogP contribution in [0.5, 0.6) is 0 Å². The second-order valence-corrected chi connectivity index (χ2v) is 4.99. The maximum atomic E-state index is 9.37. The van der Waals surface area contributed by atoms with E-state index in [1.54, 1.807) is 12.3 Å². The normalized spacial score (nSPS) is 10.4. The molecule has 5 nitrogen and oxygen atoms in total. The third kappa shape index (κ3) is 2.31. The van der Waals surface area contributed by atoms with Crippen molar-refractivity contribution in [3.63, 3.8) is 0 Å². The zero-order chi connectivity index (χ0) is 15.7. The highest BCUT2D eigenvalue weighted by molar-refractivity contribution is 5.77. The van der Waals surface area contributed by atoms with E-state index in [4.69, 9.17) is 10.2 Å². The molecular weight excluding hydrogens is 276 g/mol. The van der Waals surface area contributed by atoms with Crippen molar-refractivity contribution in [3.8, 4) is 28.8 Å². The van der Waals surface area contributed by atoms with E-state index >= 15 is 0 Å². The average molecular weight is 290 g/mol. The van der Waals surface area contributed by atoms with Crippen LogP contribution in [0, 0.1) is 25.2 Å².